The minimum atomic E-state index is -0.254. The van der Waals surface area contributed by atoms with Crippen molar-refractivity contribution in [2.24, 2.45) is 0 Å². The number of hydrogen-bond donors (Lipinski definition) is 1. The fraction of sp³-hybridized carbons (Fsp3) is 0.318. The summed E-state index contributed by atoms with van der Waals surface area (Å²) in [6.45, 7) is 1.54. The number of likely N-dealkylation sites (tertiary alicyclic amines) is 1. The number of para-hydroxylation sites is 1. The van der Waals surface area contributed by atoms with Gasteiger partial charge in [-0.25, -0.2) is 4.39 Å². The predicted octanol–water partition coefficient (Wildman–Crippen LogP) is 5.41. The number of aryl methyl sites for hydroxylation is 1. The number of hydrogen-bond acceptors (Lipinski definition) is 1. The summed E-state index contributed by atoms with van der Waals surface area (Å²) < 4.78 is 14.6. The fourth-order valence-electron chi connectivity index (χ4n) is 4.00. The number of rotatable bonds is 4. The molecule has 3 aromatic rings. The second-order valence-electron chi connectivity index (χ2n) is 7.18. The first-order valence-electron chi connectivity index (χ1n) is 9.39. The van der Waals surface area contributed by atoms with E-state index in [1.807, 2.05) is 17.0 Å². The normalized spacial score (nSPS) is 15.4. The Bertz CT molecular complexity index is 960. The van der Waals surface area contributed by atoms with Crippen LogP contribution in [0.1, 0.15) is 36.3 Å². The third-order valence-corrected chi connectivity index (χ3v) is 6.03. The molecule has 140 valence electrons. The number of H-pyrrole nitrogens is 1. The Balaban J connectivity index is 1.34. The number of piperidine rings is 1. The van der Waals surface area contributed by atoms with E-state index < -0.39 is 0 Å². The molecule has 1 aromatic heterocycles. The van der Waals surface area contributed by atoms with Crippen LogP contribution in [0.4, 0.5) is 4.39 Å². The van der Waals surface area contributed by atoms with Gasteiger partial charge in [-0.05, 0) is 54.5 Å². The number of amides is 1. The van der Waals surface area contributed by atoms with E-state index in [4.69, 9.17) is 0 Å². The third-order valence-electron chi connectivity index (χ3n) is 5.53. The van der Waals surface area contributed by atoms with Gasteiger partial charge in [-0.15, -0.1) is 0 Å². The first-order valence-corrected chi connectivity index (χ1v) is 10.2. The monoisotopic (exact) mass is 428 g/mol. The zero-order valence-electron chi connectivity index (χ0n) is 15.1. The molecule has 27 heavy (non-hydrogen) atoms. The first kappa shape index (κ1) is 18.2. The van der Waals surface area contributed by atoms with E-state index in [9.17, 15) is 9.18 Å². The highest BCUT2D eigenvalue weighted by atomic mass is 79.9. The minimum absolute atomic E-state index is 0.120. The Morgan fingerprint density at radius 1 is 1.19 bits per heavy atom. The minimum Gasteiger partial charge on any atom is -0.361 e. The molecule has 0 radical (unpaired) electrons. The van der Waals surface area contributed by atoms with E-state index in [1.165, 1.54) is 22.5 Å². The molecule has 2 aromatic carbocycles. The molecule has 3 nitrogen and oxygen atoms in total. The molecule has 1 aliphatic rings. The average molecular weight is 429 g/mol. The highest BCUT2D eigenvalue weighted by molar-refractivity contribution is 9.10. The first-order chi connectivity index (χ1) is 13.1. The van der Waals surface area contributed by atoms with E-state index in [2.05, 4.69) is 45.3 Å². The standard InChI is InChI=1S/C22H22BrFN2O/c23-17-7-5-16(20(24)13-17)6-8-22(27)26-11-9-15(10-12-26)19-14-25-21-4-2-1-3-18(19)21/h1-5,7,13-15,25H,6,8-12H2. The maximum atomic E-state index is 13.9. The molecule has 0 aliphatic carbocycles. The molecule has 1 aliphatic heterocycles. The molecule has 2 heterocycles. The van der Waals surface area contributed by atoms with Gasteiger partial charge < -0.3 is 9.88 Å². The van der Waals surface area contributed by atoms with Crippen LogP contribution in [0, 0.1) is 5.82 Å². The molecular formula is C22H22BrFN2O. The van der Waals surface area contributed by atoms with Crippen molar-refractivity contribution in [2.75, 3.05) is 13.1 Å². The molecule has 0 bridgehead atoms. The number of carbonyl (C=O) groups is 1. The van der Waals surface area contributed by atoms with Crippen molar-refractivity contribution in [2.45, 2.75) is 31.6 Å². The Kier molecular flexibility index (Phi) is 5.30. The van der Waals surface area contributed by atoms with Gasteiger partial charge in [0.05, 0.1) is 0 Å². The van der Waals surface area contributed by atoms with Crippen LogP contribution >= 0.6 is 15.9 Å². The number of carbonyl (C=O) groups excluding carboxylic acids is 1. The molecule has 0 unspecified atom stereocenters. The van der Waals surface area contributed by atoms with Gasteiger partial charge >= 0.3 is 0 Å². The lowest BCUT2D eigenvalue weighted by Gasteiger charge is -2.32. The highest BCUT2D eigenvalue weighted by Gasteiger charge is 2.25. The van der Waals surface area contributed by atoms with Crippen molar-refractivity contribution in [3.05, 3.63) is 70.1 Å². The van der Waals surface area contributed by atoms with E-state index in [-0.39, 0.29) is 11.7 Å². The summed E-state index contributed by atoms with van der Waals surface area (Å²) in [5.41, 5.74) is 3.12. The van der Waals surface area contributed by atoms with Crippen LogP contribution in [-0.2, 0) is 11.2 Å². The molecule has 0 atom stereocenters. The summed E-state index contributed by atoms with van der Waals surface area (Å²) >= 11 is 3.26. The molecule has 5 heteroatoms. The van der Waals surface area contributed by atoms with Crippen molar-refractivity contribution in [1.82, 2.24) is 9.88 Å². The maximum absolute atomic E-state index is 13.9. The smallest absolute Gasteiger partial charge is 0.222 e. The third kappa shape index (κ3) is 3.93. The molecule has 1 amide bonds. The summed E-state index contributed by atoms with van der Waals surface area (Å²) in [5.74, 6) is 0.346. The van der Waals surface area contributed by atoms with Gasteiger partial charge in [0.2, 0.25) is 5.91 Å². The number of aromatic amines is 1. The Morgan fingerprint density at radius 3 is 2.74 bits per heavy atom. The summed E-state index contributed by atoms with van der Waals surface area (Å²) in [6, 6.07) is 13.4. The Labute approximate surface area is 166 Å². The Morgan fingerprint density at radius 2 is 1.96 bits per heavy atom. The number of benzene rings is 2. The fourth-order valence-corrected chi connectivity index (χ4v) is 4.33. The van der Waals surface area contributed by atoms with E-state index >= 15 is 0 Å². The van der Waals surface area contributed by atoms with E-state index in [1.54, 1.807) is 6.07 Å². The largest absolute Gasteiger partial charge is 0.361 e. The molecule has 0 saturated carbocycles. The predicted molar refractivity (Wildman–Crippen MR) is 109 cm³/mol. The number of halogens is 2. The second kappa shape index (κ2) is 7.85. The number of fused-ring (bicyclic) bond motifs is 1. The second-order valence-corrected chi connectivity index (χ2v) is 8.10. The van der Waals surface area contributed by atoms with Gasteiger partial charge in [0.1, 0.15) is 5.82 Å². The lowest BCUT2D eigenvalue weighted by molar-refractivity contribution is -0.132. The topological polar surface area (TPSA) is 36.1 Å². The summed E-state index contributed by atoms with van der Waals surface area (Å²) in [7, 11) is 0. The number of nitrogens with zero attached hydrogens (tertiary/aromatic N) is 1. The molecule has 4 rings (SSSR count). The van der Waals surface area contributed by atoms with Crippen LogP contribution in [-0.4, -0.2) is 28.9 Å². The van der Waals surface area contributed by atoms with E-state index in [0.717, 1.165) is 30.4 Å². The van der Waals surface area contributed by atoms with Crippen molar-refractivity contribution in [3.63, 3.8) is 0 Å². The highest BCUT2D eigenvalue weighted by Crippen LogP contribution is 2.33. The van der Waals surface area contributed by atoms with Gasteiger partial charge in [0, 0.05) is 41.1 Å². The average Bonchev–Trinajstić information content (AvgIpc) is 3.11. The van der Waals surface area contributed by atoms with Crippen molar-refractivity contribution in [3.8, 4) is 0 Å². The van der Waals surface area contributed by atoms with Crippen LogP contribution in [0.3, 0.4) is 0 Å². The van der Waals surface area contributed by atoms with Gasteiger partial charge in [0.25, 0.3) is 0 Å². The molecule has 1 fully saturated rings. The SMILES string of the molecule is O=C(CCc1ccc(Br)cc1F)N1CCC(c2c[nH]c3ccccc23)CC1. The van der Waals surface area contributed by atoms with Gasteiger partial charge in [-0.1, -0.05) is 40.2 Å². The lowest BCUT2D eigenvalue weighted by atomic mass is 9.89. The summed E-state index contributed by atoms with van der Waals surface area (Å²) in [5, 5.41) is 1.29. The molecule has 0 spiro atoms. The van der Waals surface area contributed by atoms with Crippen LogP contribution < -0.4 is 0 Å². The maximum Gasteiger partial charge on any atom is 0.222 e. The van der Waals surface area contributed by atoms with Gasteiger partial charge in [-0.3, -0.25) is 4.79 Å². The quantitative estimate of drug-likeness (QED) is 0.592. The van der Waals surface area contributed by atoms with Crippen LogP contribution in [0.5, 0.6) is 0 Å². The van der Waals surface area contributed by atoms with E-state index in [0.29, 0.717) is 24.3 Å². The molecule has 1 N–H and O–H groups in total. The van der Waals surface area contributed by atoms with Crippen molar-refractivity contribution < 1.29 is 9.18 Å². The zero-order chi connectivity index (χ0) is 18.8. The van der Waals surface area contributed by atoms with Crippen molar-refractivity contribution in [1.29, 1.82) is 0 Å². The lowest BCUT2D eigenvalue weighted by Crippen LogP contribution is -2.38. The van der Waals surface area contributed by atoms with Crippen LogP contribution in [0.2, 0.25) is 0 Å². The van der Waals surface area contributed by atoms with Crippen LogP contribution in [0.15, 0.2) is 53.1 Å². The summed E-state index contributed by atoms with van der Waals surface area (Å²) in [4.78, 5) is 17.8. The molecular weight excluding hydrogens is 407 g/mol. The van der Waals surface area contributed by atoms with Crippen LogP contribution in [0.25, 0.3) is 10.9 Å². The number of aromatic nitrogens is 1. The van der Waals surface area contributed by atoms with Gasteiger partial charge in [0.15, 0.2) is 0 Å². The summed E-state index contributed by atoms with van der Waals surface area (Å²) in [6.07, 6.45) is 4.86. The Hall–Kier alpha value is -2.14. The number of nitrogens with one attached hydrogen (secondary N) is 1. The molecule has 1 saturated heterocycles. The van der Waals surface area contributed by atoms with Gasteiger partial charge in [-0.2, -0.15) is 0 Å². The van der Waals surface area contributed by atoms with Crippen molar-refractivity contribution >= 4 is 32.7 Å². The zero-order valence-corrected chi connectivity index (χ0v) is 16.6.